The molecule has 2 amide bonds. The minimum atomic E-state index is -3.43. The molecule has 0 spiro atoms. The Morgan fingerprint density at radius 1 is 1.35 bits per heavy atom. The summed E-state index contributed by atoms with van der Waals surface area (Å²) < 4.78 is 35.3. The molecule has 11 nitrogen and oxygen atoms in total. The summed E-state index contributed by atoms with van der Waals surface area (Å²) in [7, 11) is 0. The normalized spacial score (nSPS) is 23.5. The largest absolute Gasteiger partial charge is 0.481 e. The number of rotatable bonds is 8. The number of carbonyl (C=O) groups is 4. The van der Waals surface area contributed by atoms with Gasteiger partial charge in [0.15, 0.2) is 10.8 Å². The lowest BCUT2D eigenvalue weighted by atomic mass is 9.89. The summed E-state index contributed by atoms with van der Waals surface area (Å²) in [6.07, 6.45) is 1.08. The molecule has 14 heteroatoms. The Morgan fingerprint density at radius 3 is 2.70 bits per heavy atom. The van der Waals surface area contributed by atoms with E-state index >= 15 is 8.78 Å². The van der Waals surface area contributed by atoms with Crippen molar-refractivity contribution in [2.75, 3.05) is 32.8 Å². The lowest BCUT2D eigenvalue weighted by Gasteiger charge is -2.28. The van der Waals surface area contributed by atoms with Gasteiger partial charge in [-0.2, -0.15) is 0 Å². The van der Waals surface area contributed by atoms with E-state index < -0.39 is 60.0 Å². The van der Waals surface area contributed by atoms with Crippen LogP contribution in [-0.4, -0.2) is 94.2 Å². The second-order valence-electron chi connectivity index (χ2n) is 9.72. The van der Waals surface area contributed by atoms with Gasteiger partial charge in [0.25, 0.3) is 5.92 Å². The van der Waals surface area contributed by atoms with Gasteiger partial charge in [0.1, 0.15) is 5.92 Å². The van der Waals surface area contributed by atoms with Crippen molar-refractivity contribution in [2.45, 2.75) is 39.2 Å². The van der Waals surface area contributed by atoms with Crippen molar-refractivity contribution in [3.63, 3.8) is 0 Å². The van der Waals surface area contributed by atoms with Gasteiger partial charge < -0.3 is 15.2 Å². The number of carboxylic acid groups (broad SMARTS) is 1. The number of aliphatic imine (C=N–C) groups is 1. The van der Waals surface area contributed by atoms with Crippen molar-refractivity contribution in [2.24, 2.45) is 16.3 Å². The molecule has 200 valence electrons. The molecule has 2 atom stereocenters. The smallest absolute Gasteiger partial charge is 0.337 e. The van der Waals surface area contributed by atoms with Gasteiger partial charge in [-0.15, -0.1) is 11.3 Å². The molecule has 3 aliphatic heterocycles. The van der Waals surface area contributed by atoms with Crippen LogP contribution in [0, 0.1) is 11.3 Å². The topological polar surface area (TPSA) is 142 Å². The van der Waals surface area contributed by atoms with Gasteiger partial charge in [-0.25, -0.2) is 18.6 Å². The Morgan fingerprint density at radius 2 is 2.08 bits per heavy atom. The Balaban J connectivity index is 1.58. The summed E-state index contributed by atoms with van der Waals surface area (Å²) in [5, 5.41) is 14.6. The molecule has 0 bridgehead atoms. The molecule has 1 unspecified atom stereocenters. The first-order chi connectivity index (χ1) is 17.4. The maximum absolute atomic E-state index is 15.1. The molecule has 2 N–H and O–H groups in total. The van der Waals surface area contributed by atoms with E-state index in [0.29, 0.717) is 16.5 Å². The van der Waals surface area contributed by atoms with Crippen LogP contribution in [0.5, 0.6) is 0 Å². The van der Waals surface area contributed by atoms with Gasteiger partial charge in [0, 0.05) is 42.8 Å². The van der Waals surface area contributed by atoms with Crippen LogP contribution in [0.25, 0.3) is 0 Å². The third kappa shape index (κ3) is 5.12. The molecule has 4 heterocycles. The minimum Gasteiger partial charge on any atom is -0.481 e. The fraction of sp³-hybridized carbons (Fsp3) is 0.565. The number of halogens is 2. The molecular formula is C23H27F2N5O6S. The number of ether oxygens (including phenoxy) is 1. The molecule has 0 saturated carbocycles. The maximum Gasteiger partial charge on any atom is 0.337 e. The molecule has 4 rings (SSSR count). The maximum atomic E-state index is 15.1. The monoisotopic (exact) mass is 539 g/mol. The number of amides is 2. The SMILES string of the molecule is CCOC(=O)C1=C(CN2CC(F)(F)C3C(=O)N(C(=O)CC(C)(C)C(=O)O)C[C@@H]32)NC(c2nccs2)=NC1. The Labute approximate surface area is 215 Å². The lowest BCUT2D eigenvalue weighted by molar-refractivity contribution is -0.155. The zero-order valence-corrected chi connectivity index (χ0v) is 21.3. The van der Waals surface area contributed by atoms with Crippen LogP contribution >= 0.6 is 11.3 Å². The van der Waals surface area contributed by atoms with E-state index in [1.807, 2.05) is 0 Å². The molecule has 2 fully saturated rings. The number of imide groups is 1. The number of carboxylic acids is 1. The number of hydrogen-bond acceptors (Lipinski definition) is 10. The van der Waals surface area contributed by atoms with E-state index in [4.69, 9.17) is 4.74 Å². The van der Waals surface area contributed by atoms with Crippen molar-refractivity contribution in [1.82, 2.24) is 20.1 Å². The summed E-state index contributed by atoms with van der Waals surface area (Å²) >= 11 is 1.31. The number of nitrogens with zero attached hydrogens (tertiary/aromatic N) is 4. The van der Waals surface area contributed by atoms with E-state index in [-0.39, 0.29) is 31.8 Å². The van der Waals surface area contributed by atoms with Crippen molar-refractivity contribution in [1.29, 1.82) is 0 Å². The molecular weight excluding hydrogens is 512 g/mol. The minimum absolute atomic E-state index is 0.0395. The third-order valence-corrected chi connectivity index (χ3v) is 7.42. The fourth-order valence-electron chi connectivity index (χ4n) is 4.65. The zero-order chi connectivity index (χ0) is 27.1. The first kappa shape index (κ1) is 26.8. The number of carbonyl (C=O) groups excluding carboxylic acids is 3. The standard InChI is InChI=1S/C23H27F2N5O6S/c1-4-36-20(33)12-8-27-17(18-26-5-6-37-18)28-13(12)9-29-11-23(24,25)16-14(29)10-30(19(16)32)15(31)7-22(2,3)21(34)35/h5-6,14,16H,4,7-11H2,1-3H3,(H,27,28)(H,34,35)/t14-,16?/m0/s1. The van der Waals surface area contributed by atoms with Crippen molar-refractivity contribution >= 4 is 40.9 Å². The van der Waals surface area contributed by atoms with Crippen LogP contribution in [0.1, 0.15) is 32.2 Å². The zero-order valence-electron chi connectivity index (χ0n) is 20.5. The summed E-state index contributed by atoms with van der Waals surface area (Å²) in [6, 6.07) is -1.01. The highest BCUT2D eigenvalue weighted by Gasteiger charge is 2.63. The number of hydrogen-bond donors (Lipinski definition) is 2. The number of fused-ring (bicyclic) bond motifs is 1. The highest BCUT2D eigenvalue weighted by atomic mass is 32.1. The Kier molecular flexibility index (Phi) is 7.16. The highest BCUT2D eigenvalue weighted by Crippen LogP contribution is 2.44. The molecule has 3 aliphatic rings. The number of thiazole rings is 1. The Bertz CT molecular complexity index is 1180. The molecule has 1 aromatic rings. The predicted octanol–water partition coefficient (Wildman–Crippen LogP) is 1.12. The van der Waals surface area contributed by atoms with Crippen molar-refractivity contribution < 1.29 is 37.8 Å². The van der Waals surface area contributed by atoms with Crippen molar-refractivity contribution in [3.05, 3.63) is 27.9 Å². The number of nitrogens with one attached hydrogen (secondary N) is 1. The van der Waals surface area contributed by atoms with Crippen LogP contribution in [-0.2, 0) is 23.9 Å². The number of aliphatic carboxylic acids is 1. The van der Waals surface area contributed by atoms with Gasteiger partial charge in [0.2, 0.25) is 11.8 Å². The molecule has 0 aromatic carbocycles. The number of aromatic nitrogens is 1. The van der Waals surface area contributed by atoms with Crippen LogP contribution < -0.4 is 5.32 Å². The number of amidine groups is 1. The van der Waals surface area contributed by atoms with E-state index in [9.17, 15) is 24.3 Å². The highest BCUT2D eigenvalue weighted by molar-refractivity contribution is 7.11. The summed E-state index contributed by atoms with van der Waals surface area (Å²) in [5.74, 6) is -8.51. The fourth-order valence-corrected chi connectivity index (χ4v) is 5.25. The molecule has 0 aliphatic carbocycles. The van der Waals surface area contributed by atoms with E-state index in [0.717, 1.165) is 4.90 Å². The third-order valence-electron chi connectivity index (χ3n) is 6.64. The first-order valence-electron chi connectivity index (χ1n) is 11.7. The van der Waals surface area contributed by atoms with Gasteiger partial charge in [0.05, 0.1) is 30.7 Å². The second-order valence-corrected chi connectivity index (χ2v) is 10.6. The quantitative estimate of drug-likeness (QED) is 0.465. The average molecular weight is 540 g/mol. The van der Waals surface area contributed by atoms with Crippen LogP contribution in [0.4, 0.5) is 8.78 Å². The van der Waals surface area contributed by atoms with E-state index in [1.54, 1.807) is 18.5 Å². The van der Waals surface area contributed by atoms with Gasteiger partial charge in [-0.3, -0.25) is 29.2 Å². The summed E-state index contributed by atoms with van der Waals surface area (Å²) in [4.78, 5) is 60.3. The van der Waals surface area contributed by atoms with Gasteiger partial charge in [-0.1, -0.05) is 0 Å². The van der Waals surface area contributed by atoms with Gasteiger partial charge >= 0.3 is 11.9 Å². The second kappa shape index (κ2) is 9.89. The molecule has 1 aromatic heterocycles. The number of esters is 1. The summed E-state index contributed by atoms with van der Waals surface area (Å²) in [5.41, 5.74) is -0.984. The molecule has 0 radical (unpaired) electrons. The van der Waals surface area contributed by atoms with Gasteiger partial charge in [-0.05, 0) is 20.8 Å². The predicted molar refractivity (Wildman–Crippen MR) is 127 cm³/mol. The van der Waals surface area contributed by atoms with Crippen LogP contribution in [0.2, 0.25) is 0 Å². The van der Waals surface area contributed by atoms with Crippen molar-refractivity contribution in [3.8, 4) is 0 Å². The first-order valence-corrected chi connectivity index (χ1v) is 12.5. The lowest BCUT2D eigenvalue weighted by Crippen LogP contribution is -2.45. The molecule has 37 heavy (non-hydrogen) atoms. The Hall–Kier alpha value is -3.26. The molecule has 2 saturated heterocycles. The summed E-state index contributed by atoms with van der Waals surface area (Å²) in [6.45, 7) is 3.18. The van der Waals surface area contributed by atoms with Crippen LogP contribution in [0.15, 0.2) is 27.8 Å². The number of alkyl halides is 2. The average Bonchev–Trinajstić information content (AvgIpc) is 3.51. The van der Waals surface area contributed by atoms with E-state index in [2.05, 4.69) is 15.3 Å². The van der Waals surface area contributed by atoms with E-state index in [1.165, 1.54) is 30.1 Å². The van der Waals surface area contributed by atoms with Crippen LogP contribution in [0.3, 0.4) is 0 Å². The number of likely N-dealkylation sites (tertiary alicyclic amines) is 2.